The molecule has 0 fully saturated rings. The molecule has 3 nitrogen and oxygen atoms in total. The Morgan fingerprint density at radius 1 is 1.17 bits per heavy atom. The lowest BCUT2D eigenvalue weighted by atomic mass is 10.0. The summed E-state index contributed by atoms with van der Waals surface area (Å²) >= 11 is 3.38. The van der Waals surface area contributed by atoms with E-state index in [1.54, 1.807) is 12.2 Å². The first kappa shape index (κ1) is 15.3. The molecule has 0 aromatic heterocycles. The van der Waals surface area contributed by atoms with E-state index in [1.807, 2.05) is 54.6 Å². The first-order valence-corrected chi connectivity index (χ1v) is 7.92. The number of rotatable bonds is 2. The van der Waals surface area contributed by atoms with Crippen LogP contribution in [0.3, 0.4) is 0 Å². The van der Waals surface area contributed by atoms with Crippen molar-refractivity contribution in [1.82, 2.24) is 0 Å². The number of carbonyl (C=O) groups excluding carboxylic acids is 1. The van der Waals surface area contributed by atoms with E-state index in [9.17, 15) is 10.1 Å². The van der Waals surface area contributed by atoms with E-state index < -0.39 is 6.04 Å². The molecule has 1 aliphatic rings. The summed E-state index contributed by atoms with van der Waals surface area (Å²) in [4.78, 5) is 14.1. The normalized spacial score (nSPS) is 16.2. The van der Waals surface area contributed by atoms with Gasteiger partial charge < -0.3 is 0 Å². The van der Waals surface area contributed by atoms with Crippen LogP contribution >= 0.6 is 15.9 Å². The van der Waals surface area contributed by atoms with Crippen molar-refractivity contribution in [2.24, 2.45) is 0 Å². The van der Waals surface area contributed by atoms with Crippen LogP contribution in [0.15, 0.2) is 65.2 Å². The molecule has 0 N–H and O–H groups in total. The van der Waals surface area contributed by atoms with Crippen molar-refractivity contribution in [3.05, 3.63) is 76.3 Å². The second-order valence-electron chi connectivity index (χ2n) is 5.08. The zero-order valence-electron chi connectivity index (χ0n) is 12.2. The molecule has 1 heterocycles. The van der Waals surface area contributed by atoms with E-state index >= 15 is 0 Å². The van der Waals surface area contributed by atoms with Crippen LogP contribution in [0.2, 0.25) is 0 Å². The summed E-state index contributed by atoms with van der Waals surface area (Å²) in [6, 6.07) is 16.8. The van der Waals surface area contributed by atoms with Crippen LogP contribution in [-0.2, 0) is 4.79 Å². The van der Waals surface area contributed by atoms with Crippen molar-refractivity contribution >= 4 is 39.7 Å². The van der Waals surface area contributed by atoms with Crippen molar-refractivity contribution in [2.45, 2.75) is 6.04 Å². The number of para-hydroxylation sites is 1. The van der Waals surface area contributed by atoms with Crippen molar-refractivity contribution in [2.75, 3.05) is 4.90 Å². The summed E-state index contributed by atoms with van der Waals surface area (Å²) in [5, 5.41) is 9.33. The highest BCUT2D eigenvalue weighted by molar-refractivity contribution is 9.10. The number of carbonyl (C=O) groups is 1. The Bertz CT molecular complexity index is 831. The fourth-order valence-corrected chi connectivity index (χ4v) is 2.72. The number of nitrogens with zero attached hydrogens (tertiary/aromatic N) is 2. The number of hydrogen-bond donors (Lipinski definition) is 0. The first-order valence-electron chi connectivity index (χ1n) is 7.13. The molecule has 0 radical (unpaired) electrons. The maximum absolute atomic E-state index is 12.6. The third-order valence-corrected chi connectivity index (χ3v) is 4.12. The van der Waals surface area contributed by atoms with E-state index in [-0.39, 0.29) is 5.91 Å². The molecular weight excluding hydrogens is 352 g/mol. The lowest BCUT2D eigenvalue weighted by molar-refractivity contribution is -0.114. The summed E-state index contributed by atoms with van der Waals surface area (Å²) in [5.41, 5.74) is 2.62. The van der Waals surface area contributed by atoms with Gasteiger partial charge in [0.15, 0.2) is 0 Å². The molecule has 0 saturated carbocycles. The van der Waals surface area contributed by atoms with Crippen LogP contribution in [0, 0.1) is 11.3 Å². The average Bonchev–Trinajstić information content (AvgIpc) is 2.60. The average molecular weight is 365 g/mol. The molecule has 4 heteroatoms. The Balaban J connectivity index is 1.89. The summed E-state index contributed by atoms with van der Waals surface area (Å²) in [6.45, 7) is 0. The second-order valence-corrected chi connectivity index (χ2v) is 6.00. The highest BCUT2D eigenvalue weighted by Gasteiger charge is 2.26. The topological polar surface area (TPSA) is 44.1 Å². The van der Waals surface area contributed by atoms with Gasteiger partial charge in [0.2, 0.25) is 0 Å². The predicted octanol–water partition coefficient (Wildman–Crippen LogP) is 4.41. The molecule has 0 aliphatic carbocycles. The van der Waals surface area contributed by atoms with Crippen LogP contribution < -0.4 is 4.90 Å². The maximum atomic E-state index is 12.6. The minimum Gasteiger partial charge on any atom is -0.288 e. The predicted molar refractivity (Wildman–Crippen MR) is 95.5 cm³/mol. The van der Waals surface area contributed by atoms with Gasteiger partial charge in [-0.05, 0) is 41.5 Å². The number of nitriles is 1. The van der Waals surface area contributed by atoms with Gasteiger partial charge in [0, 0.05) is 10.5 Å². The summed E-state index contributed by atoms with van der Waals surface area (Å²) in [7, 11) is 0. The van der Waals surface area contributed by atoms with Crippen LogP contribution in [0.4, 0.5) is 5.69 Å². The number of benzene rings is 2. The Hall–Kier alpha value is -2.64. The number of anilines is 1. The molecule has 23 heavy (non-hydrogen) atoms. The number of fused-ring (bicyclic) bond motifs is 1. The van der Waals surface area contributed by atoms with Gasteiger partial charge in [-0.15, -0.1) is 0 Å². The number of amides is 1. The molecular formula is C19H13BrN2O. The van der Waals surface area contributed by atoms with Crippen molar-refractivity contribution in [1.29, 1.82) is 5.26 Å². The molecule has 1 amide bonds. The molecule has 2 aromatic carbocycles. The van der Waals surface area contributed by atoms with E-state index in [4.69, 9.17) is 0 Å². The fraction of sp³-hybridized carbons (Fsp3) is 0.0526. The van der Waals surface area contributed by atoms with E-state index in [1.165, 1.54) is 11.0 Å². The molecule has 0 spiro atoms. The van der Waals surface area contributed by atoms with Gasteiger partial charge in [0.1, 0.15) is 6.04 Å². The van der Waals surface area contributed by atoms with Crippen molar-refractivity contribution in [3.63, 3.8) is 0 Å². The Morgan fingerprint density at radius 2 is 1.91 bits per heavy atom. The Kier molecular flexibility index (Phi) is 4.40. The standard InChI is InChI=1S/C19H13BrN2O/c20-16-9-5-14(6-10-16)7-12-19(23)22-17(13-21)11-8-15-3-1-2-4-18(15)22/h1-12,17H/b12-7+. The van der Waals surface area contributed by atoms with Crippen LogP contribution in [0.5, 0.6) is 0 Å². The van der Waals surface area contributed by atoms with Gasteiger partial charge in [-0.25, -0.2) is 0 Å². The zero-order chi connectivity index (χ0) is 16.2. The summed E-state index contributed by atoms with van der Waals surface area (Å²) in [6.07, 6.45) is 6.88. The summed E-state index contributed by atoms with van der Waals surface area (Å²) in [5.74, 6) is -0.212. The van der Waals surface area contributed by atoms with Gasteiger partial charge in [0.25, 0.3) is 5.91 Å². The molecule has 3 rings (SSSR count). The monoisotopic (exact) mass is 364 g/mol. The van der Waals surface area contributed by atoms with Crippen LogP contribution in [0.25, 0.3) is 12.2 Å². The van der Waals surface area contributed by atoms with E-state index in [0.717, 1.165) is 21.3 Å². The minimum absolute atomic E-state index is 0.212. The third kappa shape index (κ3) is 3.25. The molecule has 1 unspecified atom stereocenters. The molecule has 1 aliphatic heterocycles. The summed E-state index contributed by atoms with van der Waals surface area (Å²) < 4.78 is 0.987. The molecule has 112 valence electrons. The van der Waals surface area contributed by atoms with Gasteiger partial charge in [-0.1, -0.05) is 52.3 Å². The zero-order valence-corrected chi connectivity index (χ0v) is 13.8. The van der Waals surface area contributed by atoms with E-state index in [0.29, 0.717) is 0 Å². The van der Waals surface area contributed by atoms with Crippen molar-refractivity contribution in [3.8, 4) is 6.07 Å². The number of hydrogen-bond acceptors (Lipinski definition) is 2. The lowest BCUT2D eigenvalue weighted by Gasteiger charge is -2.29. The third-order valence-electron chi connectivity index (χ3n) is 3.59. The highest BCUT2D eigenvalue weighted by atomic mass is 79.9. The second kappa shape index (κ2) is 6.64. The SMILES string of the molecule is N#CC1C=Cc2ccccc2N1C(=O)/C=C/c1ccc(Br)cc1. The Morgan fingerprint density at radius 3 is 2.65 bits per heavy atom. The fourth-order valence-electron chi connectivity index (χ4n) is 2.46. The molecule has 1 atom stereocenters. The van der Waals surface area contributed by atoms with E-state index in [2.05, 4.69) is 22.0 Å². The maximum Gasteiger partial charge on any atom is 0.252 e. The van der Waals surface area contributed by atoms with Crippen LogP contribution in [-0.4, -0.2) is 11.9 Å². The smallest absolute Gasteiger partial charge is 0.252 e. The van der Waals surface area contributed by atoms with Crippen molar-refractivity contribution < 1.29 is 4.79 Å². The van der Waals surface area contributed by atoms with Gasteiger partial charge in [-0.3, -0.25) is 9.69 Å². The van der Waals surface area contributed by atoms with Crippen LogP contribution in [0.1, 0.15) is 11.1 Å². The quantitative estimate of drug-likeness (QED) is 0.740. The van der Waals surface area contributed by atoms with Gasteiger partial charge in [0.05, 0.1) is 11.8 Å². The number of halogens is 1. The largest absolute Gasteiger partial charge is 0.288 e. The van der Waals surface area contributed by atoms with Gasteiger partial charge in [-0.2, -0.15) is 5.26 Å². The Labute approximate surface area is 143 Å². The minimum atomic E-state index is -0.591. The lowest BCUT2D eigenvalue weighted by Crippen LogP contribution is -2.39. The first-order chi connectivity index (χ1) is 11.2. The molecule has 0 saturated heterocycles. The molecule has 2 aromatic rings. The highest BCUT2D eigenvalue weighted by Crippen LogP contribution is 2.29. The van der Waals surface area contributed by atoms with Gasteiger partial charge >= 0.3 is 0 Å². The molecule has 0 bridgehead atoms.